The summed E-state index contributed by atoms with van der Waals surface area (Å²) >= 11 is 3.48. The van der Waals surface area contributed by atoms with Gasteiger partial charge in [-0.15, -0.1) is 23.1 Å². The van der Waals surface area contributed by atoms with Gasteiger partial charge in [-0.3, -0.25) is 4.79 Å². The van der Waals surface area contributed by atoms with Crippen molar-refractivity contribution in [2.24, 2.45) is 5.92 Å². The highest BCUT2D eigenvalue weighted by Crippen LogP contribution is 2.46. The molecule has 0 aromatic carbocycles. The molecule has 0 radical (unpaired) electrons. The van der Waals surface area contributed by atoms with E-state index in [2.05, 4.69) is 4.98 Å². The van der Waals surface area contributed by atoms with Gasteiger partial charge in [0.05, 0.1) is 16.4 Å². The number of hydrogen-bond acceptors (Lipinski definition) is 5. The Kier molecular flexibility index (Phi) is 4.17. The largest absolute Gasteiger partial charge is 0.377 e. The fourth-order valence-corrected chi connectivity index (χ4v) is 5.93. The Balaban J connectivity index is 1.24. The van der Waals surface area contributed by atoms with Crippen LogP contribution in [-0.2, 0) is 4.74 Å². The molecule has 1 amide bonds. The molecule has 3 fully saturated rings. The molecule has 4 rings (SSSR count). The van der Waals surface area contributed by atoms with E-state index in [0.29, 0.717) is 11.8 Å². The number of carbonyl (C=O) groups excluding carboxylic acids is 1. The van der Waals surface area contributed by atoms with Gasteiger partial charge in [-0.25, -0.2) is 4.98 Å². The number of rotatable bonds is 4. The first-order chi connectivity index (χ1) is 10.7. The highest BCUT2D eigenvalue weighted by Gasteiger charge is 2.51. The zero-order chi connectivity index (χ0) is 15.0. The summed E-state index contributed by atoms with van der Waals surface area (Å²) in [5.74, 6) is 1.97. The lowest BCUT2D eigenvalue weighted by Gasteiger charge is -2.47. The summed E-state index contributed by atoms with van der Waals surface area (Å²) in [5, 5.41) is 1.84. The van der Waals surface area contributed by atoms with Crippen LogP contribution < -0.4 is 0 Å². The van der Waals surface area contributed by atoms with Crippen LogP contribution in [0.25, 0.3) is 0 Å². The van der Waals surface area contributed by atoms with E-state index < -0.39 is 0 Å². The van der Waals surface area contributed by atoms with Crippen molar-refractivity contribution in [3.05, 3.63) is 16.6 Å². The lowest BCUT2D eigenvalue weighted by molar-refractivity contribution is 0.0196. The van der Waals surface area contributed by atoms with E-state index in [4.69, 9.17) is 4.74 Å². The number of amides is 1. The number of likely N-dealkylation sites (tertiary alicyclic amines) is 1. The fourth-order valence-electron chi connectivity index (χ4n) is 3.85. The second-order valence-electron chi connectivity index (χ2n) is 6.84. The van der Waals surface area contributed by atoms with E-state index in [1.54, 1.807) is 5.51 Å². The number of thioether (sulfide) groups is 1. The Morgan fingerprint density at radius 1 is 1.41 bits per heavy atom. The van der Waals surface area contributed by atoms with Crippen LogP contribution in [0.3, 0.4) is 0 Å². The van der Waals surface area contributed by atoms with Gasteiger partial charge in [0.2, 0.25) is 0 Å². The molecule has 1 spiro atoms. The Labute approximate surface area is 139 Å². The Morgan fingerprint density at radius 2 is 2.23 bits per heavy atom. The summed E-state index contributed by atoms with van der Waals surface area (Å²) in [4.78, 5) is 18.3. The summed E-state index contributed by atoms with van der Waals surface area (Å²) in [6.45, 7) is 2.66. The molecule has 0 N–H and O–H groups in total. The molecule has 3 heterocycles. The highest BCUT2D eigenvalue weighted by atomic mass is 32.2. The monoisotopic (exact) mass is 338 g/mol. The molecule has 2 aliphatic heterocycles. The number of hydrogen-bond donors (Lipinski definition) is 0. The minimum atomic E-state index is 0.0859. The van der Waals surface area contributed by atoms with E-state index in [0.717, 1.165) is 37.8 Å². The average Bonchev–Trinajstić information content (AvgIpc) is 3.21. The molecule has 0 bridgehead atoms. The van der Waals surface area contributed by atoms with Crippen LogP contribution in [0, 0.1) is 5.92 Å². The number of carbonyl (C=O) groups is 1. The number of ether oxygens (including phenoxy) is 1. The van der Waals surface area contributed by atoms with Gasteiger partial charge in [0.15, 0.2) is 0 Å². The first-order valence-electron chi connectivity index (χ1n) is 8.17. The van der Waals surface area contributed by atoms with Crippen molar-refractivity contribution >= 4 is 29.0 Å². The number of aromatic nitrogens is 1. The van der Waals surface area contributed by atoms with Crippen LogP contribution in [0.1, 0.15) is 42.6 Å². The van der Waals surface area contributed by atoms with Gasteiger partial charge in [0.25, 0.3) is 5.91 Å². The lowest BCUT2D eigenvalue weighted by atomic mass is 9.92. The predicted molar refractivity (Wildman–Crippen MR) is 89.5 cm³/mol. The van der Waals surface area contributed by atoms with E-state index in [9.17, 15) is 4.79 Å². The predicted octanol–water partition coefficient (Wildman–Crippen LogP) is 3.05. The van der Waals surface area contributed by atoms with E-state index in [1.165, 1.54) is 37.0 Å². The maximum atomic E-state index is 12.2. The highest BCUT2D eigenvalue weighted by molar-refractivity contribution is 8.01. The third-order valence-corrected chi connectivity index (χ3v) is 7.28. The standard InChI is InChI=1S/C16H22N2O2S2/c19-15(14-8-21-11-17-14)18-9-16(10-18)5-13(7-22-16)20-6-12-3-1-2-4-12/h8,11-13H,1-7,9-10H2. The summed E-state index contributed by atoms with van der Waals surface area (Å²) in [5.41, 5.74) is 2.32. The van der Waals surface area contributed by atoms with Gasteiger partial charge in [-0.05, 0) is 25.2 Å². The maximum Gasteiger partial charge on any atom is 0.273 e. The van der Waals surface area contributed by atoms with Gasteiger partial charge >= 0.3 is 0 Å². The Morgan fingerprint density at radius 3 is 2.95 bits per heavy atom. The molecule has 1 aromatic rings. The minimum absolute atomic E-state index is 0.0859. The lowest BCUT2D eigenvalue weighted by Crippen LogP contribution is -2.60. The van der Waals surface area contributed by atoms with Crippen LogP contribution in [-0.4, -0.2) is 52.1 Å². The van der Waals surface area contributed by atoms with Crippen LogP contribution in [0.4, 0.5) is 0 Å². The summed E-state index contributed by atoms with van der Waals surface area (Å²) < 4.78 is 6.41. The molecular weight excluding hydrogens is 316 g/mol. The third kappa shape index (κ3) is 2.93. The smallest absolute Gasteiger partial charge is 0.273 e. The molecule has 120 valence electrons. The Bertz CT molecular complexity index is 522. The summed E-state index contributed by atoms with van der Waals surface area (Å²) in [7, 11) is 0. The van der Waals surface area contributed by atoms with E-state index >= 15 is 0 Å². The van der Waals surface area contributed by atoms with Gasteiger partial charge < -0.3 is 9.64 Å². The quantitative estimate of drug-likeness (QED) is 0.846. The molecule has 2 saturated heterocycles. The fraction of sp³-hybridized carbons (Fsp3) is 0.750. The molecule has 1 atom stereocenters. The van der Waals surface area contributed by atoms with Crippen molar-refractivity contribution in [3.63, 3.8) is 0 Å². The van der Waals surface area contributed by atoms with Crippen LogP contribution in [0.15, 0.2) is 10.9 Å². The molecule has 3 aliphatic rings. The summed E-state index contributed by atoms with van der Waals surface area (Å²) in [6, 6.07) is 0. The minimum Gasteiger partial charge on any atom is -0.377 e. The van der Waals surface area contributed by atoms with Gasteiger partial charge in [0.1, 0.15) is 5.69 Å². The molecule has 6 heteroatoms. The second-order valence-corrected chi connectivity index (χ2v) is 9.05. The molecule has 4 nitrogen and oxygen atoms in total. The first-order valence-corrected chi connectivity index (χ1v) is 10.1. The zero-order valence-electron chi connectivity index (χ0n) is 12.7. The van der Waals surface area contributed by atoms with E-state index in [-0.39, 0.29) is 10.7 Å². The topological polar surface area (TPSA) is 42.4 Å². The van der Waals surface area contributed by atoms with Crippen LogP contribution in [0.2, 0.25) is 0 Å². The zero-order valence-corrected chi connectivity index (χ0v) is 14.3. The van der Waals surface area contributed by atoms with Crippen molar-refractivity contribution in [3.8, 4) is 0 Å². The molecule has 1 aromatic heterocycles. The SMILES string of the molecule is O=C(c1cscn1)N1CC2(CC(OCC3CCCC3)CS2)C1. The third-order valence-electron chi connectivity index (χ3n) is 5.11. The Hall–Kier alpha value is -0.590. The summed E-state index contributed by atoms with van der Waals surface area (Å²) in [6.07, 6.45) is 6.95. The van der Waals surface area contributed by atoms with E-state index in [1.807, 2.05) is 22.0 Å². The van der Waals surface area contributed by atoms with Crippen molar-refractivity contribution < 1.29 is 9.53 Å². The molecular formula is C16H22N2O2S2. The molecule has 22 heavy (non-hydrogen) atoms. The molecule has 1 aliphatic carbocycles. The van der Waals surface area contributed by atoms with Crippen LogP contribution >= 0.6 is 23.1 Å². The van der Waals surface area contributed by atoms with Crippen molar-refractivity contribution in [2.45, 2.75) is 43.0 Å². The van der Waals surface area contributed by atoms with Crippen LogP contribution in [0.5, 0.6) is 0 Å². The first kappa shape index (κ1) is 15.0. The van der Waals surface area contributed by atoms with Crippen molar-refractivity contribution in [1.82, 2.24) is 9.88 Å². The maximum absolute atomic E-state index is 12.2. The number of thiazole rings is 1. The van der Waals surface area contributed by atoms with Crippen molar-refractivity contribution in [2.75, 3.05) is 25.4 Å². The molecule has 1 saturated carbocycles. The van der Waals surface area contributed by atoms with Crippen molar-refractivity contribution in [1.29, 1.82) is 0 Å². The average molecular weight is 338 g/mol. The number of nitrogens with zero attached hydrogens (tertiary/aromatic N) is 2. The molecule has 1 unspecified atom stereocenters. The van der Waals surface area contributed by atoms with Gasteiger partial charge in [0, 0.05) is 30.8 Å². The second kappa shape index (κ2) is 6.13. The normalized spacial score (nSPS) is 27.5. The van der Waals surface area contributed by atoms with Gasteiger partial charge in [-0.2, -0.15) is 0 Å². The van der Waals surface area contributed by atoms with Gasteiger partial charge in [-0.1, -0.05) is 12.8 Å².